The fourth-order valence-corrected chi connectivity index (χ4v) is 1.98. The highest BCUT2D eigenvalue weighted by Gasteiger charge is 2.31. The minimum absolute atomic E-state index is 0.224. The first-order chi connectivity index (χ1) is 7.47. The van der Waals surface area contributed by atoms with Crippen LogP contribution >= 0.6 is 0 Å². The highest BCUT2D eigenvalue weighted by atomic mass is 19.4. The Labute approximate surface area is 92.5 Å². The molecule has 0 aromatic heterocycles. The van der Waals surface area contributed by atoms with Gasteiger partial charge in [0, 0.05) is 6.04 Å². The van der Waals surface area contributed by atoms with Crippen molar-refractivity contribution in [2.75, 3.05) is 0 Å². The molecular weight excluding hydrogens is 215 g/mol. The molecule has 1 aliphatic carbocycles. The molecule has 1 nitrogen and oxygen atoms in total. The van der Waals surface area contributed by atoms with Crippen molar-refractivity contribution in [2.45, 2.75) is 31.5 Å². The van der Waals surface area contributed by atoms with Crippen LogP contribution in [0.5, 0.6) is 0 Å². The van der Waals surface area contributed by atoms with Crippen molar-refractivity contribution in [1.29, 1.82) is 0 Å². The molecule has 0 bridgehead atoms. The Morgan fingerprint density at radius 2 is 1.75 bits per heavy atom. The third-order valence-electron chi connectivity index (χ3n) is 3.26. The van der Waals surface area contributed by atoms with Gasteiger partial charge in [0.25, 0.3) is 0 Å². The Balaban J connectivity index is 2.02. The fraction of sp³-hybridized carbons (Fsp3) is 0.500. The Hall–Kier alpha value is -1.03. The molecule has 1 aliphatic rings. The monoisotopic (exact) mass is 229 g/mol. The van der Waals surface area contributed by atoms with Crippen LogP contribution in [0.2, 0.25) is 0 Å². The van der Waals surface area contributed by atoms with E-state index < -0.39 is 11.7 Å². The molecule has 0 amide bonds. The predicted molar refractivity (Wildman–Crippen MR) is 55.8 cm³/mol. The van der Waals surface area contributed by atoms with E-state index in [1.807, 2.05) is 0 Å². The van der Waals surface area contributed by atoms with E-state index in [2.05, 4.69) is 0 Å². The van der Waals surface area contributed by atoms with Crippen LogP contribution in [-0.2, 0) is 12.6 Å². The van der Waals surface area contributed by atoms with Gasteiger partial charge < -0.3 is 5.73 Å². The molecule has 88 valence electrons. The summed E-state index contributed by atoms with van der Waals surface area (Å²) in [5.74, 6) is 0.441. The molecule has 2 unspecified atom stereocenters. The van der Waals surface area contributed by atoms with E-state index in [9.17, 15) is 13.2 Å². The third-order valence-corrected chi connectivity index (χ3v) is 3.26. The van der Waals surface area contributed by atoms with Crippen LogP contribution in [0, 0.1) is 5.92 Å². The van der Waals surface area contributed by atoms with Crippen LogP contribution in [0.4, 0.5) is 13.2 Å². The Morgan fingerprint density at radius 3 is 2.12 bits per heavy atom. The van der Waals surface area contributed by atoms with Crippen LogP contribution < -0.4 is 5.73 Å². The van der Waals surface area contributed by atoms with Crippen LogP contribution in [0.3, 0.4) is 0 Å². The summed E-state index contributed by atoms with van der Waals surface area (Å²) in [7, 11) is 0. The van der Waals surface area contributed by atoms with E-state index in [4.69, 9.17) is 5.73 Å². The third kappa shape index (κ3) is 2.38. The maximum atomic E-state index is 12.3. The van der Waals surface area contributed by atoms with Gasteiger partial charge in [0.05, 0.1) is 5.56 Å². The molecule has 0 saturated heterocycles. The molecule has 0 aliphatic heterocycles. The summed E-state index contributed by atoms with van der Waals surface area (Å²) in [5.41, 5.74) is 6.14. The number of nitrogens with two attached hydrogens (primary N) is 1. The second-order valence-electron chi connectivity index (χ2n) is 4.40. The number of alkyl halides is 3. The Kier molecular flexibility index (Phi) is 2.93. The lowest BCUT2D eigenvalue weighted by atomic mass is 9.76. The average Bonchev–Trinajstić information content (AvgIpc) is 2.23. The molecule has 1 aromatic carbocycles. The van der Waals surface area contributed by atoms with Crippen molar-refractivity contribution in [3.05, 3.63) is 35.4 Å². The summed E-state index contributed by atoms with van der Waals surface area (Å²) in [6, 6.07) is 5.60. The van der Waals surface area contributed by atoms with E-state index in [0.717, 1.165) is 37.0 Å². The maximum Gasteiger partial charge on any atom is 0.416 e. The van der Waals surface area contributed by atoms with Gasteiger partial charge in [-0.1, -0.05) is 12.1 Å². The average molecular weight is 229 g/mol. The first-order valence-corrected chi connectivity index (χ1v) is 5.38. The van der Waals surface area contributed by atoms with Gasteiger partial charge in [-0.2, -0.15) is 13.2 Å². The quantitative estimate of drug-likeness (QED) is 0.828. The first kappa shape index (κ1) is 11.5. The number of hydrogen-bond acceptors (Lipinski definition) is 1. The molecule has 0 heterocycles. The largest absolute Gasteiger partial charge is 0.416 e. The van der Waals surface area contributed by atoms with Gasteiger partial charge in [-0.15, -0.1) is 0 Å². The molecule has 2 N–H and O–H groups in total. The fourth-order valence-electron chi connectivity index (χ4n) is 1.98. The van der Waals surface area contributed by atoms with E-state index in [1.165, 1.54) is 0 Å². The summed E-state index contributed by atoms with van der Waals surface area (Å²) in [6.45, 7) is 0. The summed E-state index contributed by atoms with van der Waals surface area (Å²) in [6.07, 6.45) is -1.34. The van der Waals surface area contributed by atoms with Gasteiger partial charge in [-0.3, -0.25) is 0 Å². The second kappa shape index (κ2) is 4.09. The summed E-state index contributed by atoms with van der Waals surface area (Å²) < 4.78 is 36.9. The van der Waals surface area contributed by atoms with Crippen LogP contribution in [0.15, 0.2) is 24.3 Å². The maximum absolute atomic E-state index is 12.3. The van der Waals surface area contributed by atoms with Gasteiger partial charge in [0.2, 0.25) is 0 Å². The van der Waals surface area contributed by atoms with Crippen LogP contribution in [0.1, 0.15) is 24.0 Å². The summed E-state index contributed by atoms with van der Waals surface area (Å²) >= 11 is 0. The van der Waals surface area contributed by atoms with Gasteiger partial charge in [0.15, 0.2) is 0 Å². The van der Waals surface area contributed by atoms with Gasteiger partial charge >= 0.3 is 6.18 Å². The Bertz CT molecular complexity index is 356. The van der Waals surface area contributed by atoms with Gasteiger partial charge in [0.1, 0.15) is 0 Å². The second-order valence-corrected chi connectivity index (χ2v) is 4.40. The molecular formula is C12H14F3N. The predicted octanol–water partition coefficient (Wildman–Crippen LogP) is 2.99. The van der Waals surface area contributed by atoms with Crippen molar-refractivity contribution < 1.29 is 13.2 Å². The van der Waals surface area contributed by atoms with Crippen molar-refractivity contribution in [3.63, 3.8) is 0 Å². The molecule has 2 atom stereocenters. The van der Waals surface area contributed by atoms with E-state index in [1.54, 1.807) is 12.1 Å². The minimum atomic E-state index is -4.24. The topological polar surface area (TPSA) is 26.0 Å². The van der Waals surface area contributed by atoms with Crippen molar-refractivity contribution in [3.8, 4) is 0 Å². The van der Waals surface area contributed by atoms with Crippen LogP contribution in [-0.4, -0.2) is 6.04 Å². The summed E-state index contributed by atoms with van der Waals surface area (Å²) in [5, 5.41) is 0. The molecule has 1 aromatic rings. The zero-order valence-electron chi connectivity index (χ0n) is 8.80. The summed E-state index contributed by atoms with van der Waals surface area (Å²) in [4.78, 5) is 0. The van der Waals surface area contributed by atoms with Gasteiger partial charge in [-0.25, -0.2) is 0 Å². The van der Waals surface area contributed by atoms with Crippen molar-refractivity contribution in [2.24, 2.45) is 11.7 Å². The van der Waals surface area contributed by atoms with Crippen LogP contribution in [0.25, 0.3) is 0 Å². The highest BCUT2D eigenvalue weighted by Crippen LogP contribution is 2.31. The molecule has 0 spiro atoms. The lowest BCUT2D eigenvalue weighted by molar-refractivity contribution is -0.137. The smallest absolute Gasteiger partial charge is 0.327 e. The number of benzene rings is 1. The van der Waals surface area contributed by atoms with Crippen molar-refractivity contribution in [1.82, 2.24) is 0 Å². The lowest BCUT2D eigenvalue weighted by Gasteiger charge is -2.33. The number of halogens is 3. The van der Waals surface area contributed by atoms with E-state index >= 15 is 0 Å². The molecule has 1 saturated carbocycles. The Morgan fingerprint density at radius 1 is 1.12 bits per heavy atom. The SMILES string of the molecule is NC1CCC1Cc1ccc(C(F)(F)F)cc1. The van der Waals surface area contributed by atoms with E-state index in [0.29, 0.717) is 5.92 Å². The molecule has 4 heteroatoms. The van der Waals surface area contributed by atoms with Gasteiger partial charge in [-0.05, 0) is 42.9 Å². The molecule has 0 radical (unpaired) electrons. The molecule has 16 heavy (non-hydrogen) atoms. The number of hydrogen-bond donors (Lipinski definition) is 1. The first-order valence-electron chi connectivity index (χ1n) is 5.38. The number of rotatable bonds is 2. The van der Waals surface area contributed by atoms with E-state index in [-0.39, 0.29) is 6.04 Å². The zero-order valence-corrected chi connectivity index (χ0v) is 8.80. The molecule has 2 rings (SSSR count). The highest BCUT2D eigenvalue weighted by molar-refractivity contribution is 5.25. The zero-order chi connectivity index (χ0) is 11.8. The standard InChI is InChI=1S/C12H14F3N/c13-12(14,15)10-4-1-8(2-5-10)7-9-3-6-11(9)16/h1-2,4-5,9,11H,3,6-7,16H2. The minimum Gasteiger partial charge on any atom is -0.327 e. The molecule has 1 fully saturated rings. The van der Waals surface area contributed by atoms with Crippen molar-refractivity contribution >= 4 is 0 Å². The normalized spacial score (nSPS) is 25.2. The lowest BCUT2D eigenvalue weighted by Crippen LogP contribution is -2.40.